The average molecular weight is 404 g/mol. The number of tetrazole rings is 1. The van der Waals surface area contributed by atoms with E-state index in [0.717, 1.165) is 12.8 Å². The van der Waals surface area contributed by atoms with Gasteiger partial charge in [-0.25, -0.2) is 28.1 Å². The maximum Gasteiger partial charge on any atom is 0.266 e. The minimum Gasteiger partial charge on any atom is -0.348 e. The molecule has 0 amide bonds. The Kier molecular flexibility index (Phi) is 3.84. The SMILES string of the molecule is CC(C)(C)c1nc(N2CCC(F)(F)C2)c2nnn(Cc3nnnn3C3CC3)c2n1. The van der Waals surface area contributed by atoms with Crippen molar-refractivity contribution in [3.63, 3.8) is 0 Å². The molecule has 3 aromatic rings. The zero-order chi connectivity index (χ0) is 20.4. The van der Waals surface area contributed by atoms with E-state index < -0.39 is 5.92 Å². The Labute approximate surface area is 165 Å². The zero-order valence-electron chi connectivity index (χ0n) is 16.5. The number of fused-ring (bicyclic) bond motifs is 1. The van der Waals surface area contributed by atoms with Gasteiger partial charge in [0, 0.05) is 18.4 Å². The normalized spacial score (nSPS) is 19.4. The van der Waals surface area contributed by atoms with E-state index >= 15 is 0 Å². The van der Waals surface area contributed by atoms with E-state index in [1.54, 1.807) is 14.3 Å². The molecule has 1 saturated carbocycles. The zero-order valence-corrected chi connectivity index (χ0v) is 16.5. The van der Waals surface area contributed by atoms with Crippen molar-refractivity contribution in [2.24, 2.45) is 0 Å². The maximum absolute atomic E-state index is 13.8. The number of halogens is 2. The quantitative estimate of drug-likeness (QED) is 0.648. The highest BCUT2D eigenvalue weighted by molar-refractivity contribution is 5.83. The molecule has 0 bridgehead atoms. The second-order valence-corrected chi connectivity index (χ2v) is 8.84. The molecule has 3 aromatic heterocycles. The van der Waals surface area contributed by atoms with Crippen molar-refractivity contribution < 1.29 is 8.78 Å². The smallest absolute Gasteiger partial charge is 0.266 e. The van der Waals surface area contributed by atoms with E-state index in [2.05, 4.69) is 35.8 Å². The molecule has 154 valence electrons. The molecule has 0 atom stereocenters. The van der Waals surface area contributed by atoms with Gasteiger partial charge in [-0.1, -0.05) is 26.0 Å². The van der Waals surface area contributed by atoms with Gasteiger partial charge in [0.2, 0.25) is 0 Å². The molecule has 0 spiro atoms. The van der Waals surface area contributed by atoms with Gasteiger partial charge in [-0.2, -0.15) is 0 Å². The van der Waals surface area contributed by atoms with Crippen LogP contribution in [0.2, 0.25) is 0 Å². The first-order valence-corrected chi connectivity index (χ1v) is 9.72. The molecule has 10 nitrogen and oxygen atoms in total. The van der Waals surface area contributed by atoms with Crippen LogP contribution < -0.4 is 4.90 Å². The molecule has 2 fully saturated rings. The minimum absolute atomic E-state index is 0.201. The minimum atomic E-state index is -2.73. The number of hydrogen-bond donors (Lipinski definition) is 0. The highest BCUT2D eigenvalue weighted by Crippen LogP contribution is 2.35. The van der Waals surface area contributed by atoms with Crippen molar-refractivity contribution in [3.8, 4) is 0 Å². The van der Waals surface area contributed by atoms with Gasteiger partial charge in [0.1, 0.15) is 12.4 Å². The van der Waals surface area contributed by atoms with Gasteiger partial charge in [-0.15, -0.1) is 10.2 Å². The summed E-state index contributed by atoms with van der Waals surface area (Å²) in [6.45, 7) is 6.09. The number of aromatic nitrogens is 9. The molecule has 0 unspecified atom stereocenters. The first kappa shape index (κ1) is 18.3. The van der Waals surface area contributed by atoms with Gasteiger partial charge in [-0.05, 0) is 23.3 Å². The number of alkyl halides is 2. The Balaban J connectivity index is 1.59. The van der Waals surface area contributed by atoms with E-state index in [1.807, 2.05) is 20.8 Å². The molecule has 0 radical (unpaired) electrons. The van der Waals surface area contributed by atoms with Gasteiger partial charge < -0.3 is 4.90 Å². The lowest BCUT2D eigenvalue weighted by atomic mass is 9.96. The van der Waals surface area contributed by atoms with Crippen molar-refractivity contribution in [2.45, 2.75) is 64.0 Å². The monoisotopic (exact) mass is 404 g/mol. The second-order valence-electron chi connectivity index (χ2n) is 8.84. The Bertz CT molecular complexity index is 1060. The molecule has 1 aliphatic heterocycles. The number of anilines is 1. The van der Waals surface area contributed by atoms with Crippen LogP contribution in [-0.4, -0.2) is 64.2 Å². The summed E-state index contributed by atoms with van der Waals surface area (Å²) in [6.07, 6.45) is 1.91. The Morgan fingerprint density at radius 3 is 2.55 bits per heavy atom. The Morgan fingerprint density at radius 1 is 1.10 bits per heavy atom. The summed E-state index contributed by atoms with van der Waals surface area (Å²) in [6, 6.07) is 0.330. The molecule has 29 heavy (non-hydrogen) atoms. The third-order valence-corrected chi connectivity index (χ3v) is 5.23. The van der Waals surface area contributed by atoms with Gasteiger partial charge in [0.05, 0.1) is 12.6 Å². The second kappa shape index (κ2) is 6.10. The average Bonchev–Trinajstić information content (AvgIpc) is 3.07. The number of rotatable bonds is 4. The van der Waals surface area contributed by atoms with E-state index in [1.165, 1.54) is 0 Å². The summed E-state index contributed by atoms with van der Waals surface area (Å²) in [5.41, 5.74) is 0.553. The van der Waals surface area contributed by atoms with Crippen LogP contribution in [-0.2, 0) is 12.0 Å². The van der Waals surface area contributed by atoms with Crippen molar-refractivity contribution in [2.75, 3.05) is 18.0 Å². The molecular formula is C17H22F2N10. The van der Waals surface area contributed by atoms with Crippen LogP contribution in [0.5, 0.6) is 0 Å². The summed E-state index contributed by atoms with van der Waals surface area (Å²) in [5, 5.41) is 20.4. The number of nitrogens with zero attached hydrogens (tertiary/aromatic N) is 10. The molecule has 0 N–H and O–H groups in total. The third-order valence-electron chi connectivity index (χ3n) is 5.23. The van der Waals surface area contributed by atoms with Gasteiger partial charge in [-0.3, -0.25) is 0 Å². The van der Waals surface area contributed by atoms with Gasteiger partial charge in [0.15, 0.2) is 22.8 Å². The molecular weight excluding hydrogens is 382 g/mol. The highest BCUT2D eigenvalue weighted by Gasteiger charge is 2.40. The van der Waals surface area contributed by atoms with Crippen LogP contribution in [0.1, 0.15) is 57.7 Å². The lowest BCUT2D eigenvalue weighted by molar-refractivity contribution is 0.0257. The van der Waals surface area contributed by atoms with Crippen molar-refractivity contribution in [1.82, 2.24) is 45.2 Å². The molecule has 0 aromatic carbocycles. The third kappa shape index (κ3) is 3.29. The molecule has 4 heterocycles. The lowest BCUT2D eigenvalue weighted by Crippen LogP contribution is -2.27. The predicted octanol–water partition coefficient (Wildman–Crippen LogP) is 1.73. The molecule has 5 rings (SSSR count). The van der Waals surface area contributed by atoms with Crippen molar-refractivity contribution in [3.05, 3.63) is 11.6 Å². The topological polar surface area (TPSA) is 103 Å². The summed E-state index contributed by atoms with van der Waals surface area (Å²) >= 11 is 0. The van der Waals surface area contributed by atoms with Crippen LogP contribution in [0.4, 0.5) is 14.6 Å². The Hall–Kier alpha value is -2.79. The van der Waals surface area contributed by atoms with Crippen LogP contribution in [0.15, 0.2) is 0 Å². The number of hydrogen-bond acceptors (Lipinski definition) is 8. The fourth-order valence-electron chi connectivity index (χ4n) is 3.47. The summed E-state index contributed by atoms with van der Waals surface area (Å²) in [7, 11) is 0. The first-order chi connectivity index (χ1) is 13.7. The van der Waals surface area contributed by atoms with E-state index in [4.69, 9.17) is 0 Å². The summed E-state index contributed by atoms with van der Waals surface area (Å²) in [4.78, 5) is 10.9. The fraction of sp³-hybridized carbons (Fsp3) is 0.706. The van der Waals surface area contributed by atoms with Gasteiger partial charge >= 0.3 is 0 Å². The molecule has 12 heteroatoms. The maximum atomic E-state index is 13.8. The fourth-order valence-corrected chi connectivity index (χ4v) is 3.47. The summed E-state index contributed by atoms with van der Waals surface area (Å²) in [5.74, 6) is -1.10. The molecule has 1 aliphatic carbocycles. The molecule has 2 aliphatic rings. The molecule has 1 saturated heterocycles. The lowest BCUT2D eigenvalue weighted by Gasteiger charge is -2.22. The van der Waals surface area contributed by atoms with Crippen LogP contribution in [0, 0.1) is 0 Å². The van der Waals surface area contributed by atoms with E-state index in [9.17, 15) is 8.78 Å². The predicted molar refractivity (Wildman–Crippen MR) is 98.8 cm³/mol. The van der Waals surface area contributed by atoms with Crippen LogP contribution in [0.3, 0.4) is 0 Å². The van der Waals surface area contributed by atoms with Crippen LogP contribution >= 0.6 is 0 Å². The standard InChI is InChI=1S/C17H22F2N10/c1-16(2,3)15-20-13(27-7-6-17(18,19)9-27)12-14(21-15)28(25-23-12)8-11-22-24-26-29(11)10-4-5-10/h10H,4-9H2,1-3H3. The van der Waals surface area contributed by atoms with E-state index in [0.29, 0.717) is 41.2 Å². The van der Waals surface area contributed by atoms with Crippen molar-refractivity contribution >= 4 is 17.0 Å². The van der Waals surface area contributed by atoms with Gasteiger partial charge in [0.25, 0.3) is 5.92 Å². The summed E-state index contributed by atoms with van der Waals surface area (Å²) < 4.78 is 31.1. The first-order valence-electron chi connectivity index (χ1n) is 9.72. The Morgan fingerprint density at radius 2 is 1.90 bits per heavy atom. The van der Waals surface area contributed by atoms with E-state index in [-0.39, 0.29) is 24.9 Å². The largest absolute Gasteiger partial charge is 0.348 e. The van der Waals surface area contributed by atoms with Crippen molar-refractivity contribution in [1.29, 1.82) is 0 Å². The van der Waals surface area contributed by atoms with Crippen LogP contribution in [0.25, 0.3) is 11.2 Å². The highest BCUT2D eigenvalue weighted by atomic mass is 19.3.